The Hall–Kier alpha value is -1.96. The first-order valence-electron chi connectivity index (χ1n) is 11.2. The van der Waals surface area contributed by atoms with Crippen LogP contribution in [0.3, 0.4) is 0 Å². The second-order valence-corrected chi connectivity index (χ2v) is 8.42. The van der Waals surface area contributed by atoms with E-state index in [2.05, 4.69) is 20.3 Å². The van der Waals surface area contributed by atoms with Crippen molar-refractivity contribution in [2.45, 2.75) is 56.8 Å². The van der Waals surface area contributed by atoms with Crippen LogP contribution in [0.1, 0.15) is 32.6 Å². The molecule has 2 N–H and O–H groups in total. The van der Waals surface area contributed by atoms with Crippen LogP contribution in [-0.4, -0.2) is 104 Å². The number of esters is 3. The standard InChI is InChI=1S/C20H31F3N4O6/c1-14(28)32-20(33-17(29)19(21,22)23,18(30)31-16-2-6-24-7-3-16)27-10-4-15(5-11-27)26-12-8-25-9-13-26/h15-16,24-25H,2-13H2,1H3. The maximum atomic E-state index is 13.2. The number of piperazine rings is 1. The molecule has 0 spiro atoms. The summed E-state index contributed by atoms with van der Waals surface area (Å²) in [6.07, 6.45) is -4.14. The summed E-state index contributed by atoms with van der Waals surface area (Å²) < 4.78 is 54.4. The third-order valence-electron chi connectivity index (χ3n) is 6.11. The van der Waals surface area contributed by atoms with Crippen molar-refractivity contribution in [1.29, 1.82) is 0 Å². The second-order valence-electron chi connectivity index (χ2n) is 8.42. The van der Waals surface area contributed by atoms with Crippen molar-refractivity contribution in [3.63, 3.8) is 0 Å². The molecule has 0 bridgehead atoms. The lowest BCUT2D eigenvalue weighted by Crippen LogP contribution is -2.65. The number of hydrogen-bond donors (Lipinski definition) is 2. The van der Waals surface area contributed by atoms with Crippen LogP contribution in [0, 0.1) is 0 Å². The Labute approximate surface area is 190 Å². The van der Waals surface area contributed by atoms with E-state index in [9.17, 15) is 27.6 Å². The highest BCUT2D eigenvalue weighted by Crippen LogP contribution is 2.32. The van der Waals surface area contributed by atoms with Crippen LogP contribution >= 0.6 is 0 Å². The zero-order valence-corrected chi connectivity index (χ0v) is 18.6. The predicted molar refractivity (Wildman–Crippen MR) is 108 cm³/mol. The quantitative estimate of drug-likeness (QED) is 0.398. The van der Waals surface area contributed by atoms with Gasteiger partial charge in [0, 0.05) is 52.2 Å². The molecule has 0 aromatic rings. The van der Waals surface area contributed by atoms with E-state index in [1.807, 2.05) is 0 Å². The van der Waals surface area contributed by atoms with E-state index < -0.39 is 36.1 Å². The molecule has 0 amide bonds. The Kier molecular flexibility index (Phi) is 8.54. The normalized spacial score (nSPS) is 24.0. The molecular formula is C20H31F3N4O6. The van der Waals surface area contributed by atoms with E-state index in [0.29, 0.717) is 38.8 Å². The fourth-order valence-corrected chi connectivity index (χ4v) is 4.45. The first-order chi connectivity index (χ1) is 15.6. The largest absolute Gasteiger partial charge is 0.491 e. The smallest absolute Gasteiger partial charge is 0.455 e. The number of carbonyl (C=O) groups excluding carboxylic acids is 3. The lowest BCUT2D eigenvalue weighted by molar-refractivity contribution is -0.304. The minimum absolute atomic E-state index is 0.0777. The molecule has 1 atom stereocenters. The van der Waals surface area contributed by atoms with Crippen LogP contribution in [0.4, 0.5) is 13.2 Å². The van der Waals surface area contributed by atoms with Crippen molar-refractivity contribution in [1.82, 2.24) is 20.4 Å². The molecule has 3 aliphatic heterocycles. The minimum atomic E-state index is -5.39. The van der Waals surface area contributed by atoms with Crippen molar-refractivity contribution in [2.24, 2.45) is 0 Å². The third-order valence-corrected chi connectivity index (χ3v) is 6.11. The van der Waals surface area contributed by atoms with Gasteiger partial charge in [0.25, 0.3) is 0 Å². The van der Waals surface area contributed by atoms with Crippen molar-refractivity contribution < 1.29 is 41.8 Å². The average Bonchev–Trinajstić information content (AvgIpc) is 2.79. The summed E-state index contributed by atoms with van der Waals surface area (Å²) in [4.78, 5) is 40.3. The maximum Gasteiger partial charge on any atom is 0.491 e. The third kappa shape index (κ3) is 6.55. The van der Waals surface area contributed by atoms with E-state index in [-0.39, 0.29) is 19.1 Å². The second kappa shape index (κ2) is 11.0. The van der Waals surface area contributed by atoms with Crippen LogP contribution in [0.15, 0.2) is 0 Å². The summed E-state index contributed by atoms with van der Waals surface area (Å²) in [7, 11) is 0. The van der Waals surface area contributed by atoms with E-state index in [1.54, 1.807) is 0 Å². The number of ether oxygens (including phenoxy) is 3. The summed E-state index contributed by atoms with van der Waals surface area (Å²) in [5.41, 5.74) is 0. The van der Waals surface area contributed by atoms with Gasteiger partial charge < -0.3 is 24.8 Å². The van der Waals surface area contributed by atoms with Crippen LogP contribution in [0.5, 0.6) is 0 Å². The highest BCUT2D eigenvalue weighted by Gasteiger charge is 2.59. The minimum Gasteiger partial charge on any atom is -0.455 e. The number of halogens is 3. The number of nitrogens with one attached hydrogen (secondary N) is 2. The summed E-state index contributed by atoms with van der Waals surface area (Å²) in [5, 5.41) is 6.34. The number of nitrogens with zero attached hydrogens (tertiary/aromatic N) is 2. The molecule has 13 heteroatoms. The maximum absolute atomic E-state index is 13.2. The molecule has 0 saturated carbocycles. The van der Waals surface area contributed by atoms with Crippen molar-refractivity contribution in [3.8, 4) is 0 Å². The molecule has 3 rings (SSSR count). The number of hydrogen-bond acceptors (Lipinski definition) is 10. The lowest BCUT2D eigenvalue weighted by Gasteiger charge is -2.45. The van der Waals surface area contributed by atoms with Gasteiger partial charge in [0.1, 0.15) is 6.10 Å². The van der Waals surface area contributed by atoms with Gasteiger partial charge in [-0.1, -0.05) is 0 Å². The molecule has 3 fully saturated rings. The summed E-state index contributed by atoms with van der Waals surface area (Å²) in [6.45, 7) is 5.53. The van der Waals surface area contributed by atoms with E-state index >= 15 is 0 Å². The zero-order valence-electron chi connectivity index (χ0n) is 18.6. The van der Waals surface area contributed by atoms with Crippen molar-refractivity contribution in [3.05, 3.63) is 0 Å². The first kappa shape index (κ1) is 25.7. The van der Waals surface area contributed by atoms with Gasteiger partial charge in [0.05, 0.1) is 0 Å². The number of carbonyl (C=O) groups is 3. The summed E-state index contributed by atoms with van der Waals surface area (Å²) >= 11 is 0. The number of piperidine rings is 2. The summed E-state index contributed by atoms with van der Waals surface area (Å²) in [6, 6.07) is 0.150. The van der Waals surface area contributed by atoms with Gasteiger partial charge in [-0.25, -0.2) is 14.5 Å². The molecule has 10 nitrogen and oxygen atoms in total. The highest BCUT2D eigenvalue weighted by atomic mass is 19.4. The predicted octanol–water partition coefficient (Wildman–Crippen LogP) is -0.0264. The van der Waals surface area contributed by atoms with Crippen molar-refractivity contribution >= 4 is 17.9 Å². The van der Waals surface area contributed by atoms with E-state index in [1.165, 1.54) is 4.90 Å². The Balaban J connectivity index is 1.82. The molecule has 0 radical (unpaired) electrons. The van der Waals surface area contributed by atoms with Gasteiger partial charge in [-0.3, -0.25) is 9.69 Å². The highest BCUT2D eigenvalue weighted by molar-refractivity contribution is 5.86. The molecule has 3 saturated heterocycles. The van der Waals surface area contributed by atoms with Crippen LogP contribution in [0.25, 0.3) is 0 Å². The molecule has 33 heavy (non-hydrogen) atoms. The molecule has 1 unspecified atom stereocenters. The molecule has 3 aliphatic rings. The van der Waals surface area contributed by atoms with Crippen molar-refractivity contribution in [2.75, 3.05) is 52.4 Å². The van der Waals surface area contributed by atoms with E-state index in [4.69, 9.17) is 9.47 Å². The fraction of sp³-hybridized carbons (Fsp3) is 0.850. The van der Waals surface area contributed by atoms with Gasteiger partial charge in [0.15, 0.2) is 0 Å². The molecule has 3 heterocycles. The SMILES string of the molecule is CC(=O)OC(OC(=O)C(F)(F)F)(C(=O)OC1CCNCC1)N1CCC(N2CCNCC2)CC1. The molecule has 188 valence electrons. The topological polar surface area (TPSA) is 109 Å². The lowest BCUT2D eigenvalue weighted by atomic mass is 10.0. The van der Waals surface area contributed by atoms with E-state index in [0.717, 1.165) is 33.1 Å². The van der Waals surface area contributed by atoms with Crippen LogP contribution < -0.4 is 10.6 Å². The number of alkyl halides is 3. The van der Waals surface area contributed by atoms with Gasteiger partial charge in [-0.15, -0.1) is 0 Å². The van der Waals surface area contributed by atoms with Gasteiger partial charge in [-0.05, 0) is 38.8 Å². The molecule has 0 aromatic heterocycles. The van der Waals surface area contributed by atoms with Gasteiger partial charge >= 0.3 is 30.0 Å². The van der Waals surface area contributed by atoms with Crippen LogP contribution in [-0.2, 0) is 28.6 Å². The average molecular weight is 480 g/mol. The Bertz CT molecular complexity index is 704. The molecule has 0 aromatic carbocycles. The monoisotopic (exact) mass is 480 g/mol. The van der Waals surface area contributed by atoms with Gasteiger partial charge in [0.2, 0.25) is 0 Å². The van der Waals surface area contributed by atoms with Gasteiger partial charge in [-0.2, -0.15) is 13.2 Å². The fourth-order valence-electron chi connectivity index (χ4n) is 4.45. The molecule has 0 aliphatic carbocycles. The number of likely N-dealkylation sites (tertiary alicyclic amines) is 1. The molecular weight excluding hydrogens is 449 g/mol. The Morgan fingerprint density at radius 3 is 1.94 bits per heavy atom. The zero-order chi connectivity index (χ0) is 24.1. The summed E-state index contributed by atoms with van der Waals surface area (Å²) in [5.74, 6) is -7.97. The van der Waals surface area contributed by atoms with Crippen LogP contribution in [0.2, 0.25) is 0 Å². The number of rotatable bonds is 6. The Morgan fingerprint density at radius 2 is 1.39 bits per heavy atom. The Morgan fingerprint density at radius 1 is 0.818 bits per heavy atom. The first-order valence-corrected chi connectivity index (χ1v) is 11.2.